The standard InChI is InChI=1S/C12H18N2O2S/c1-7(2)10-6-16-12(15)14(10)5-11-8(3)13-9(4)17-11/h7,10H,5-6H2,1-4H3/t10-/m1/s1. The van der Waals surface area contributed by atoms with E-state index in [-0.39, 0.29) is 12.1 Å². The van der Waals surface area contributed by atoms with E-state index in [1.807, 2.05) is 18.7 Å². The minimum Gasteiger partial charge on any atom is -0.447 e. The number of aromatic nitrogens is 1. The van der Waals surface area contributed by atoms with Crippen LogP contribution in [0.15, 0.2) is 0 Å². The molecule has 0 N–H and O–H groups in total. The molecule has 2 heterocycles. The summed E-state index contributed by atoms with van der Waals surface area (Å²) in [5.74, 6) is 0.413. The number of aryl methyl sites for hydroxylation is 2. The van der Waals surface area contributed by atoms with E-state index in [0.29, 0.717) is 19.1 Å². The van der Waals surface area contributed by atoms with Crippen molar-refractivity contribution in [1.82, 2.24) is 9.88 Å². The summed E-state index contributed by atoms with van der Waals surface area (Å²) < 4.78 is 5.13. The SMILES string of the molecule is Cc1nc(C)c(CN2C(=O)OC[C@@H]2C(C)C)s1. The molecule has 94 valence electrons. The highest BCUT2D eigenvalue weighted by Crippen LogP contribution is 2.25. The molecule has 1 atom stereocenters. The fraction of sp³-hybridized carbons (Fsp3) is 0.667. The number of ether oxygens (including phenoxy) is 1. The van der Waals surface area contributed by atoms with Gasteiger partial charge >= 0.3 is 6.09 Å². The Labute approximate surface area is 106 Å². The Morgan fingerprint density at radius 2 is 2.24 bits per heavy atom. The monoisotopic (exact) mass is 254 g/mol. The van der Waals surface area contributed by atoms with Gasteiger partial charge in [-0.15, -0.1) is 11.3 Å². The molecule has 5 heteroatoms. The Morgan fingerprint density at radius 1 is 1.53 bits per heavy atom. The number of hydrogen-bond donors (Lipinski definition) is 0. The van der Waals surface area contributed by atoms with Crippen molar-refractivity contribution in [1.29, 1.82) is 0 Å². The van der Waals surface area contributed by atoms with E-state index >= 15 is 0 Å². The Morgan fingerprint density at radius 3 is 2.76 bits per heavy atom. The van der Waals surface area contributed by atoms with Crippen LogP contribution >= 0.6 is 11.3 Å². The van der Waals surface area contributed by atoms with Crippen molar-refractivity contribution in [2.75, 3.05) is 6.61 Å². The highest BCUT2D eigenvalue weighted by Gasteiger charge is 2.35. The summed E-state index contributed by atoms with van der Waals surface area (Å²) in [4.78, 5) is 19.1. The van der Waals surface area contributed by atoms with Crippen LogP contribution in [0.5, 0.6) is 0 Å². The number of rotatable bonds is 3. The van der Waals surface area contributed by atoms with Gasteiger partial charge in [0.1, 0.15) is 6.61 Å². The molecule has 1 aliphatic rings. The Hall–Kier alpha value is -1.10. The number of thiazole rings is 1. The molecule has 0 radical (unpaired) electrons. The van der Waals surface area contributed by atoms with Gasteiger partial charge in [-0.25, -0.2) is 9.78 Å². The Bertz CT molecular complexity index is 428. The lowest BCUT2D eigenvalue weighted by molar-refractivity contribution is 0.155. The van der Waals surface area contributed by atoms with Crippen LogP contribution in [-0.2, 0) is 11.3 Å². The van der Waals surface area contributed by atoms with Gasteiger partial charge in [-0.1, -0.05) is 13.8 Å². The summed E-state index contributed by atoms with van der Waals surface area (Å²) >= 11 is 1.66. The first-order valence-corrected chi connectivity index (χ1v) is 6.67. The van der Waals surface area contributed by atoms with E-state index in [1.54, 1.807) is 11.3 Å². The smallest absolute Gasteiger partial charge is 0.410 e. The summed E-state index contributed by atoms with van der Waals surface area (Å²) in [5.41, 5.74) is 1.02. The molecule has 0 bridgehead atoms. The normalized spacial score (nSPS) is 20.2. The number of carbonyl (C=O) groups excluding carboxylic acids is 1. The number of carbonyl (C=O) groups is 1. The molecule has 0 spiro atoms. The molecular formula is C12H18N2O2S. The average Bonchev–Trinajstić information content (AvgIpc) is 2.73. The molecule has 0 unspecified atom stereocenters. The maximum Gasteiger partial charge on any atom is 0.410 e. The third-order valence-corrected chi connectivity index (χ3v) is 4.15. The first-order chi connectivity index (χ1) is 7.99. The number of nitrogens with zero attached hydrogens (tertiary/aromatic N) is 2. The number of amides is 1. The van der Waals surface area contributed by atoms with E-state index in [1.165, 1.54) is 0 Å². The van der Waals surface area contributed by atoms with Crippen molar-refractivity contribution in [3.05, 3.63) is 15.6 Å². The van der Waals surface area contributed by atoms with Gasteiger partial charge in [-0.05, 0) is 19.8 Å². The van der Waals surface area contributed by atoms with Crippen molar-refractivity contribution in [2.24, 2.45) is 5.92 Å². The van der Waals surface area contributed by atoms with Crippen molar-refractivity contribution < 1.29 is 9.53 Å². The largest absolute Gasteiger partial charge is 0.447 e. The Kier molecular flexibility index (Phi) is 3.38. The summed E-state index contributed by atoms with van der Waals surface area (Å²) in [7, 11) is 0. The van der Waals surface area contributed by atoms with Gasteiger partial charge in [-0.3, -0.25) is 4.90 Å². The Balaban J connectivity index is 2.16. The molecule has 17 heavy (non-hydrogen) atoms. The summed E-state index contributed by atoms with van der Waals surface area (Å²) in [6, 6.07) is 0.185. The topological polar surface area (TPSA) is 42.4 Å². The van der Waals surface area contributed by atoms with Crippen LogP contribution in [0.4, 0.5) is 4.79 Å². The van der Waals surface area contributed by atoms with Crippen LogP contribution in [0.1, 0.15) is 29.4 Å². The number of hydrogen-bond acceptors (Lipinski definition) is 4. The van der Waals surface area contributed by atoms with Crippen LogP contribution in [0, 0.1) is 19.8 Å². The van der Waals surface area contributed by atoms with Crippen LogP contribution in [0.2, 0.25) is 0 Å². The second-order valence-electron chi connectivity index (χ2n) is 4.76. The van der Waals surface area contributed by atoms with Crippen molar-refractivity contribution in [3.8, 4) is 0 Å². The zero-order valence-corrected chi connectivity index (χ0v) is 11.5. The van der Waals surface area contributed by atoms with Crippen LogP contribution in [-0.4, -0.2) is 28.6 Å². The van der Waals surface area contributed by atoms with Gasteiger partial charge in [0.05, 0.1) is 23.3 Å². The van der Waals surface area contributed by atoms with Crippen LogP contribution < -0.4 is 0 Å². The molecule has 0 aliphatic carbocycles. The van der Waals surface area contributed by atoms with E-state index in [0.717, 1.165) is 15.6 Å². The first kappa shape index (κ1) is 12.4. The van der Waals surface area contributed by atoms with Crippen LogP contribution in [0.25, 0.3) is 0 Å². The molecule has 1 aromatic rings. The summed E-state index contributed by atoms with van der Waals surface area (Å²) in [6.45, 7) is 9.34. The quantitative estimate of drug-likeness (QED) is 0.833. The number of cyclic esters (lactones) is 1. The maximum atomic E-state index is 11.7. The zero-order chi connectivity index (χ0) is 12.6. The van der Waals surface area contributed by atoms with Gasteiger partial charge in [0.15, 0.2) is 0 Å². The molecule has 0 saturated carbocycles. The molecule has 1 aliphatic heterocycles. The minimum atomic E-state index is -0.200. The third-order valence-electron chi connectivity index (χ3n) is 3.10. The predicted molar refractivity (Wildman–Crippen MR) is 67.1 cm³/mol. The van der Waals surface area contributed by atoms with Crippen molar-refractivity contribution in [2.45, 2.75) is 40.3 Å². The molecule has 1 fully saturated rings. The lowest BCUT2D eigenvalue weighted by atomic mass is 10.0. The van der Waals surface area contributed by atoms with Gasteiger partial charge in [0.2, 0.25) is 0 Å². The fourth-order valence-electron chi connectivity index (χ4n) is 2.07. The van der Waals surface area contributed by atoms with Gasteiger partial charge < -0.3 is 4.74 Å². The van der Waals surface area contributed by atoms with E-state index < -0.39 is 0 Å². The highest BCUT2D eigenvalue weighted by atomic mass is 32.1. The molecule has 1 aromatic heterocycles. The van der Waals surface area contributed by atoms with E-state index in [4.69, 9.17) is 4.74 Å². The van der Waals surface area contributed by atoms with Crippen LogP contribution in [0.3, 0.4) is 0 Å². The first-order valence-electron chi connectivity index (χ1n) is 5.85. The molecule has 1 saturated heterocycles. The van der Waals surface area contributed by atoms with E-state index in [2.05, 4.69) is 18.8 Å². The zero-order valence-electron chi connectivity index (χ0n) is 10.7. The lowest BCUT2D eigenvalue weighted by Gasteiger charge is -2.23. The molecule has 4 nitrogen and oxygen atoms in total. The third kappa shape index (κ3) is 2.44. The predicted octanol–water partition coefficient (Wildman–Crippen LogP) is 2.74. The van der Waals surface area contributed by atoms with Crippen molar-refractivity contribution in [3.63, 3.8) is 0 Å². The van der Waals surface area contributed by atoms with E-state index in [9.17, 15) is 4.79 Å². The van der Waals surface area contributed by atoms with Gasteiger partial charge in [0.25, 0.3) is 0 Å². The second-order valence-corrected chi connectivity index (χ2v) is 6.05. The molecule has 0 aromatic carbocycles. The fourth-order valence-corrected chi connectivity index (χ4v) is 3.01. The minimum absolute atomic E-state index is 0.185. The van der Waals surface area contributed by atoms with Gasteiger partial charge in [-0.2, -0.15) is 0 Å². The highest BCUT2D eigenvalue weighted by molar-refractivity contribution is 7.11. The summed E-state index contributed by atoms with van der Waals surface area (Å²) in [6.07, 6.45) is -0.200. The summed E-state index contributed by atoms with van der Waals surface area (Å²) in [5, 5.41) is 1.05. The van der Waals surface area contributed by atoms with Crippen molar-refractivity contribution >= 4 is 17.4 Å². The lowest BCUT2D eigenvalue weighted by Crippen LogP contribution is -2.36. The molecule has 1 amide bonds. The molecular weight excluding hydrogens is 236 g/mol. The molecule has 2 rings (SSSR count). The van der Waals surface area contributed by atoms with Gasteiger partial charge in [0, 0.05) is 4.88 Å². The maximum absolute atomic E-state index is 11.7. The second kappa shape index (κ2) is 4.64. The average molecular weight is 254 g/mol.